The molecule has 3 heterocycles. The zero-order valence-electron chi connectivity index (χ0n) is 20.7. The Kier molecular flexibility index (Phi) is 7.79. The van der Waals surface area contributed by atoms with Gasteiger partial charge in [-0.1, -0.05) is 49.6 Å². The summed E-state index contributed by atoms with van der Waals surface area (Å²) >= 11 is 0. The molecule has 1 amide bonds. The normalized spacial score (nSPS) is 20.8. The number of carbonyl (C=O) groups excluding carboxylic acids is 1. The Morgan fingerprint density at radius 2 is 1.51 bits per heavy atom. The Morgan fingerprint density at radius 3 is 2.20 bits per heavy atom. The fraction of sp³-hybridized carbons (Fsp3) is 0.593. The van der Waals surface area contributed by atoms with E-state index in [1.165, 1.54) is 24.8 Å². The molecule has 3 fully saturated rings. The van der Waals surface area contributed by atoms with Gasteiger partial charge in [0.05, 0.1) is 5.69 Å². The molecule has 188 valence electrons. The lowest BCUT2D eigenvalue weighted by Crippen LogP contribution is -2.51. The average molecular weight is 479 g/mol. The zero-order chi connectivity index (χ0) is 24.0. The first kappa shape index (κ1) is 24.0. The standard InChI is InChI=1S/C27H38N6O2/c34-25-19-24(21-31-13-11-30(12-14-31)20-22-7-3-1-4-8-22)28-27(29-25)33-17-15-32(16-18-33)26(35)23-9-5-2-6-10-23/h1,3-4,7-8,19,23H,2,5-6,9-18,20-21H2,(H,28,29,34). The molecule has 2 aliphatic heterocycles. The number of nitrogens with zero attached hydrogens (tertiary/aromatic N) is 5. The summed E-state index contributed by atoms with van der Waals surface area (Å²) in [5.41, 5.74) is 2.07. The molecule has 1 saturated carbocycles. The number of anilines is 1. The number of hydrogen-bond donors (Lipinski definition) is 1. The number of aromatic amines is 1. The number of aromatic nitrogens is 2. The largest absolute Gasteiger partial charge is 0.339 e. The summed E-state index contributed by atoms with van der Waals surface area (Å²) in [4.78, 5) is 42.0. The Balaban J connectivity index is 1.13. The molecular weight excluding hydrogens is 440 g/mol. The maximum Gasteiger partial charge on any atom is 0.252 e. The molecule has 0 atom stereocenters. The molecule has 1 aliphatic carbocycles. The lowest BCUT2D eigenvalue weighted by atomic mass is 9.88. The molecular formula is C27H38N6O2. The number of amides is 1. The van der Waals surface area contributed by atoms with Crippen LogP contribution in [0.2, 0.25) is 0 Å². The quantitative estimate of drug-likeness (QED) is 0.687. The van der Waals surface area contributed by atoms with Crippen molar-refractivity contribution in [3.8, 4) is 0 Å². The monoisotopic (exact) mass is 478 g/mol. The van der Waals surface area contributed by atoms with E-state index in [-0.39, 0.29) is 11.5 Å². The number of carbonyl (C=O) groups is 1. The summed E-state index contributed by atoms with van der Waals surface area (Å²) in [6, 6.07) is 12.2. The molecule has 1 N–H and O–H groups in total. The summed E-state index contributed by atoms with van der Waals surface area (Å²) < 4.78 is 0. The van der Waals surface area contributed by atoms with Gasteiger partial charge in [0.1, 0.15) is 0 Å². The summed E-state index contributed by atoms with van der Waals surface area (Å²) in [6.45, 7) is 8.47. The van der Waals surface area contributed by atoms with Crippen LogP contribution in [0.1, 0.15) is 43.4 Å². The van der Waals surface area contributed by atoms with E-state index in [9.17, 15) is 9.59 Å². The average Bonchev–Trinajstić information content (AvgIpc) is 2.90. The van der Waals surface area contributed by atoms with Crippen molar-refractivity contribution in [2.24, 2.45) is 5.92 Å². The Hall–Kier alpha value is -2.71. The SMILES string of the molecule is O=C(C1CCCCC1)N1CCN(c2nc(CN3CCN(Cc4ccccc4)CC3)cc(=O)[nH]2)CC1. The number of H-pyrrole nitrogens is 1. The van der Waals surface area contributed by atoms with Crippen LogP contribution in [0.15, 0.2) is 41.2 Å². The van der Waals surface area contributed by atoms with Gasteiger partial charge < -0.3 is 9.80 Å². The first-order chi connectivity index (χ1) is 17.1. The lowest BCUT2D eigenvalue weighted by Gasteiger charge is -2.37. The molecule has 1 aromatic heterocycles. The van der Waals surface area contributed by atoms with Crippen LogP contribution in [-0.4, -0.2) is 82.9 Å². The minimum absolute atomic E-state index is 0.103. The summed E-state index contributed by atoms with van der Waals surface area (Å²) in [7, 11) is 0. The smallest absolute Gasteiger partial charge is 0.252 e. The van der Waals surface area contributed by atoms with E-state index < -0.39 is 0 Å². The van der Waals surface area contributed by atoms with Gasteiger partial charge in [-0.3, -0.25) is 24.4 Å². The maximum atomic E-state index is 12.9. The van der Waals surface area contributed by atoms with Gasteiger partial charge in [-0.2, -0.15) is 0 Å². The van der Waals surface area contributed by atoms with Crippen LogP contribution in [0, 0.1) is 5.92 Å². The van der Waals surface area contributed by atoms with Crippen LogP contribution < -0.4 is 10.5 Å². The summed E-state index contributed by atoms with van der Waals surface area (Å²) in [6.07, 6.45) is 5.69. The van der Waals surface area contributed by atoms with E-state index in [0.29, 0.717) is 44.6 Å². The second kappa shape index (κ2) is 11.4. The molecule has 8 heteroatoms. The fourth-order valence-corrected chi connectivity index (χ4v) is 5.65. The van der Waals surface area contributed by atoms with Crippen molar-refractivity contribution in [2.75, 3.05) is 57.3 Å². The molecule has 8 nitrogen and oxygen atoms in total. The van der Waals surface area contributed by atoms with E-state index >= 15 is 0 Å². The van der Waals surface area contributed by atoms with Crippen molar-refractivity contribution in [2.45, 2.75) is 45.2 Å². The molecule has 0 bridgehead atoms. The molecule has 1 aromatic carbocycles. The minimum atomic E-state index is -0.103. The molecule has 0 spiro atoms. The minimum Gasteiger partial charge on any atom is -0.339 e. The highest BCUT2D eigenvalue weighted by molar-refractivity contribution is 5.79. The lowest BCUT2D eigenvalue weighted by molar-refractivity contribution is -0.136. The van der Waals surface area contributed by atoms with E-state index in [0.717, 1.165) is 51.3 Å². The first-order valence-corrected chi connectivity index (χ1v) is 13.3. The molecule has 2 saturated heterocycles. The second-order valence-electron chi connectivity index (χ2n) is 10.2. The van der Waals surface area contributed by atoms with Crippen LogP contribution in [0.3, 0.4) is 0 Å². The van der Waals surface area contributed by atoms with E-state index in [2.05, 4.69) is 50.0 Å². The number of piperazine rings is 2. The third-order valence-corrected chi connectivity index (χ3v) is 7.73. The van der Waals surface area contributed by atoms with Crippen molar-refractivity contribution < 1.29 is 4.79 Å². The van der Waals surface area contributed by atoms with Crippen LogP contribution in [0.25, 0.3) is 0 Å². The summed E-state index contributed by atoms with van der Waals surface area (Å²) in [5, 5.41) is 0. The van der Waals surface area contributed by atoms with Gasteiger partial charge >= 0.3 is 0 Å². The summed E-state index contributed by atoms with van der Waals surface area (Å²) in [5.74, 6) is 1.18. The maximum absolute atomic E-state index is 12.9. The van der Waals surface area contributed by atoms with Gasteiger partial charge in [0, 0.05) is 77.4 Å². The zero-order valence-corrected chi connectivity index (χ0v) is 20.7. The van der Waals surface area contributed by atoms with Crippen LogP contribution in [-0.2, 0) is 17.9 Å². The third-order valence-electron chi connectivity index (χ3n) is 7.73. The van der Waals surface area contributed by atoms with Crippen LogP contribution >= 0.6 is 0 Å². The highest BCUT2D eigenvalue weighted by Crippen LogP contribution is 2.26. The van der Waals surface area contributed by atoms with Crippen molar-refractivity contribution in [1.82, 2.24) is 24.7 Å². The molecule has 35 heavy (non-hydrogen) atoms. The van der Waals surface area contributed by atoms with Crippen molar-refractivity contribution >= 4 is 11.9 Å². The van der Waals surface area contributed by atoms with E-state index in [4.69, 9.17) is 4.98 Å². The highest BCUT2D eigenvalue weighted by Gasteiger charge is 2.29. The fourth-order valence-electron chi connectivity index (χ4n) is 5.65. The number of hydrogen-bond acceptors (Lipinski definition) is 6. The van der Waals surface area contributed by atoms with Crippen molar-refractivity contribution in [3.05, 3.63) is 58.0 Å². The van der Waals surface area contributed by atoms with E-state index in [1.807, 2.05) is 4.90 Å². The Morgan fingerprint density at radius 1 is 0.857 bits per heavy atom. The Labute approximate surface area is 207 Å². The molecule has 0 unspecified atom stereocenters. The number of nitrogens with one attached hydrogen (secondary N) is 1. The topological polar surface area (TPSA) is 75.8 Å². The molecule has 0 radical (unpaired) electrons. The van der Waals surface area contributed by atoms with Gasteiger partial charge in [0.2, 0.25) is 11.9 Å². The van der Waals surface area contributed by atoms with Crippen molar-refractivity contribution in [1.29, 1.82) is 0 Å². The predicted molar refractivity (Wildman–Crippen MR) is 137 cm³/mol. The van der Waals surface area contributed by atoms with E-state index in [1.54, 1.807) is 6.07 Å². The highest BCUT2D eigenvalue weighted by atomic mass is 16.2. The van der Waals surface area contributed by atoms with Gasteiger partial charge in [-0.05, 0) is 18.4 Å². The first-order valence-electron chi connectivity index (χ1n) is 13.3. The Bertz CT molecular complexity index is 1020. The van der Waals surface area contributed by atoms with Gasteiger partial charge in [0.15, 0.2) is 0 Å². The van der Waals surface area contributed by atoms with Gasteiger partial charge in [-0.25, -0.2) is 4.98 Å². The molecule has 2 aromatic rings. The van der Waals surface area contributed by atoms with Crippen LogP contribution in [0.4, 0.5) is 5.95 Å². The van der Waals surface area contributed by atoms with Crippen molar-refractivity contribution in [3.63, 3.8) is 0 Å². The van der Waals surface area contributed by atoms with Gasteiger partial charge in [0.25, 0.3) is 5.56 Å². The second-order valence-corrected chi connectivity index (χ2v) is 10.2. The molecule has 3 aliphatic rings. The molecule has 5 rings (SSSR count). The predicted octanol–water partition coefficient (Wildman–Crippen LogP) is 2.32. The third kappa shape index (κ3) is 6.30. The van der Waals surface area contributed by atoms with Crippen LogP contribution in [0.5, 0.6) is 0 Å². The number of rotatable bonds is 6. The van der Waals surface area contributed by atoms with Gasteiger partial charge in [-0.15, -0.1) is 0 Å². The number of benzene rings is 1.